The van der Waals surface area contributed by atoms with Gasteiger partial charge >= 0.3 is 5.97 Å². The molecule has 2 nitrogen and oxygen atoms in total. The Kier molecular flexibility index (Phi) is 3.52. The van der Waals surface area contributed by atoms with Gasteiger partial charge in [0.2, 0.25) is 0 Å². The van der Waals surface area contributed by atoms with Crippen LogP contribution < -0.4 is 0 Å². The Balaban J connectivity index is 3.34. The minimum Gasteiger partial charge on any atom is -0.478 e. The number of rotatable bonds is 3. The molecule has 0 heterocycles. The van der Waals surface area contributed by atoms with Crippen molar-refractivity contribution in [2.45, 2.75) is 18.2 Å². The number of aromatic carboxylic acids is 1. The summed E-state index contributed by atoms with van der Waals surface area (Å²) >= 11 is 1.22. The van der Waals surface area contributed by atoms with Gasteiger partial charge in [0, 0.05) is 4.90 Å². The Labute approximate surface area is 86.1 Å². The van der Waals surface area contributed by atoms with E-state index in [4.69, 9.17) is 5.11 Å². The summed E-state index contributed by atoms with van der Waals surface area (Å²) in [6, 6.07) is 3.07. The van der Waals surface area contributed by atoms with Gasteiger partial charge in [-0.2, -0.15) is 0 Å². The molecule has 0 bridgehead atoms. The molecule has 4 heteroatoms. The molecule has 0 spiro atoms. The van der Waals surface area contributed by atoms with Crippen LogP contribution in [0.3, 0.4) is 0 Å². The Bertz CT molecular complexity index is 363. The minimum atomic E-state index is -1.21. The van der Waals surface area contributed by atoms with E-state index >= 15 is 0 Å². The third-order valence-corrected chi connectivity index (χ3v) is 2.69. The third kappa shape index (κ3) is 2.07. The van der Waals surface area contributed by atoms with Crippen molar-refractivity contribution in [3.05, 3.63) is 29.1 Å². The van der Waals surface area contributed by atoms with E-state index in [9.17, 15) is 9.18 Å². The predicted molar refractivity (Wildman–Crippen MR) is 54.5 cm³/mol. The number of carbonyl (C=O) groups is 1. The molecule has 0 atom stereocenters. The van der Waals surface area contributed by atoms with Crippen molar-refractivity contribution in [3.8, 4) is 0 Å². The van der Waals surface area contributed by atoms with Gasteiger partial charge in [-0.05, 0) is 30.4 Å². The lowest BCUT2D eigenvalue weighted by Gasteiger charge is -2.06. The van der Waals surface area contributed by atoms with E-state index in [2.05, 4.69) is 0 Å². The van der Waals surface area contributed by atoms with E-state index in [0.29, 0.717) is 11.3 Å². The summed E-state index contributed by atoms with van der Waals surface area (Å²) < 4.78 is 13.4. The van der Waals surface area contributed by atoms with E-state index < -0.39 is 11.8 Å². The van der Waals surface area contributed by atoms with Crippen molar-refractivity contribution in [2.24, 2.45) is 0 Å². The molecule has 0 unspecified atom stereocenters. The maximum Gasteiger partial charge on any atom is 0.338 e. The van der Waals surface area contributed by atoms with Gasteiger partial charge in [-0.1, -0.05) is 6.92 Å². The molecule has 0 aromatic heterocycles. The van der Waals surface area contributed by atoms with Crippen LogP contribution >= 0.6 is 11.8 Å². The monoisotopic (exact) mass is 214 g/mol. The zero-order valence-corrected chi connectivity index (χ0v) is 8.82. The summed E-state index contributed by atoms with van der Waals surface area (Å²) in [7, 11) is 0. The van der Waals surface area contributed by atoms with Gasteiger partial charge < -0.3 is 5.11 Å². The van der Waals surface area contributed by atoms with Gasteiger partial charge in [-0.25, -0.2) is 9.18 Å². The van der Waals surface area contributed by atoms with Gasteiger partial charge in [0.05, 0.1) is 5.56 Å². The highest BCUT2D eigenvalue weighted by atomic mass is 32.2. The van der Waals surface area contributed by atoms with E-state index in [1.165, 1.54) is 17.8 Å². The number of carboxylic acid groups (broad SMARTS) is 1. The highest BCUT2D eigenvalue weighted by Gasteiger charge is 2.15. The molecule has 1 aromatic carbocycles. The summed E-state index contributed by atoms with van der Waals surface area (Å²) in [5.41, 5.74) is 0.599. The Morgan fingerprint density at radius 3 is 2.64 bits per heavy atom. The number of hydrogen-bond acceptors (Lipinski definition) is 2. The van der Waals surface area contributed by atoms with Gasteiger partial charge in [0.1, 0.15) is 0 Å². The molecule has 0 fully saturated rings. The van der Waals surface area contributed by atoms with E-state index in [0.717, 1.165) is 5.56 Å². The normalized spacial score (nSPS) is 10.2. The molecular weight excluding hydrogens is 203 g/mol. The Morgan fingerprint density at radius 1 is 1.57 bits per heavy atom. The average molecular weight is 214 g/mol. The van der Waals surface area contributed by atoms with Crippen LogP contribution in [0, 0.1) is 5.82 Å². The standard InChI is InChI=1S/C10H11FO2S/c1-3-6-4-7(10(12)13)9(11)8(5-6)14-2/h4-5H,3H2,1-2H3,(H,12,13). The van der Waals surface area contributed by atoms with E-state index in [1.54, 1.807) is 12.3 Å². The van der Waals surface area contributed by atoms with E-state index in [1.807, 2.05) is 6.92 Å². The predicted octanol–water partition coefficient (Wildman–Crippen LogP) is 2.81. The lowest BCUT2D eigenvalue weighted by atomic mass is 10.1. The van der Waals surface area contributed by atoms with Crippen molar-refractivity contribution < 1.29 is 14.3 Å². The van der Waals surface area contributed by atoms with Crippen molar-refractivity contribution in [1.29, 1.82) is 0 Å². The molecule has 1 N–H and O–H groups in total. The number of hydrogen-bond donors (Lipinski definition) is 1. The van der Waals surface area contributed by atoms with Crippen LogP contribution in [0.4, 0.5) is 4.39 Å². The first-order valence-corrected chi connectivity index (χ1v) is 5.42. The van der Waals surface area contributed by atoms with Gasteiger partial charge in [-0.3, -0.25) is 0 Å². The molecule has 0 aliphatic carbocycles. The second-order valence-corrected chi connectivity index (χ2v) is 3.67. The minimum absolute atomic E-state index is 0.242. The quantitative estimate of drug-likeness (QED) is 0.786. The maximum atomic E-state index is 13.4. The molecular formula is C10H11FO2S. The molecule has 0 amide bonds. The fourth-order valence-electron chi connectivity index (χ4n) is 1.16. The van der Waals surface area contributed by atoms with Crippen molar-refractivity contribution in [1.82, 2.24) is 0 Å². The van der Waals surface area contributed by atoms with Crippen LogP contribution in [0.1, 0.15) is 22.8 Å². The number of aryl methyl sites for hydroxylation is 1. The maximum absolute atomic E-state index is 13.4. The first-order valence-electron chi connectivity index (χ1n) is 4.19. The molecule has 1 rings (SSSR count). The van der Waals surface area contributed by atoms with Crippen molar-refractivity contribution in [3.63, 3.8) is 0 Å². The van der Waals surface area contributed by atoms with E-state index in [-0.39, 0.29) is 5.56 Å². The Hall–Kier alpha value is -1.03. The first kappa shape index (κ1) is 11.0. The topological polar surface area (TPSA) is 37.3 Å². The number of thioether (sulfide) groups is 1. The smallest absolute Gasteiger partial charge is 0.338 e. The van der Waals surface area contributed by atoms with Crippen molar-refractivity contribution >= 4 is 17.7 Å². The van der Waals surface area contributed by atoms with Crippen LogP contribution in [0.25, 0.3) is 0 Å². The average Bonchev–Trinajstić information content (AvgIpc) is 2.17. The summed E-state index contributed by atoms with van der Waals surface area (Å²) in [5.74, 6) is -1.85. The van der Waals surface area contributed by atoms with Crippen LogP contribution in [0.5, 0.6) is 0 Å². The SMILES string of the molecule is CCc1cc(SC)c(F)c(C(=O)O)c1. The molecule has 14 heavy (non-hydrogen) atoms. The first-order chi connectivity index (χ1) is 6.60. The summed E-state index contributed by atoms with van der Waals surface area (Å²) in [6.45, 7) is 1.91. The molecule has 0 radical (unpaired) electrons. The Morgan fingerprint density at radius 2 is 2.21 bits per heavy atom. The molecule has 0 aliphatic rings. The van der Waals surface area contributed by atoms with Crippen molar-refractivity contribution in [2.75, 3.05) is 6.26 Å². The molecule has 0 saturated carbocycles. The number of carboxylic acids is 1. The lowest BCUT2D eigenvalue weighted by Crippen LogP contribution is -2.03. The summed E-state index contributed by atoms with van der Waals surface area (Å²) in [5, 5.41) is 8.76. The fourth-order valence-corrected chi connectivity index (χ4v) is 1.72. The van der Waals surface area contributed by atoms with Crippen LogP contribution in [0.15, 0.2) is 17.0 Å². The third-order valence-electron chi connectivity index (χ3n) is 1.96. The van der Waals surface area contributed by atoms with Crippen LogP contribution in [0.2, 0.25) is 0 Å². The molecule has 0 saturated heterocycles. The fraction of sp³-hybridized carbons (Fsp3) is 0.300. The van der Waals surface area contributed by atoms with Gasteiger partial charge in [0.15, 0.2) is 5.82 Å². The second kappa shape index (κ2) is 4.46. The van der Waals surface area contributed by atoms with Crippen LogP contribution in [-0.4, -0.2) is 17.3 Å². The summed E-state index contributed by atoms with van der Waals surface area (Å²) in [4.78, 5) is 11.1. The number of halogens is 1. The zero-order valence-electron chi connectivity index (χ0n) is 8.00. The van der Waals surface area contributed by atoms with Gasteiger partial charge in [0.25, 0.3) is 0 Å². The van der Waals surface area contributed by atoms with Crippen LogP contribution in [-0.2, 0) is 6.42 Å². The lowest BCUT2D eigenvalue weighted by molar-refractivity contribution is 0.0691. The zero-order chi connectivity index (χ0) is 10.7. The highest BCUT2D eigenvalue weighted by Crippen LogP contribution is 2.24. The second-order valence-electron chi connectivity index (χ2n) is 2.82. The van der Waals surface area contributed by atoms with Gasteiger partial charge in [-0.15, -0.1) is 11.8 Å². The molecule has 0 aliphatic heterocycles. The largest absolute Gasteiger partial charge is 0.478 e. The number of benzene rings is 1. The highest BCUT2D eigenvalue weighted by molar-refractivity contribution is 7.98. The molecule has 76 valence electrons. The summed E-state index contributed by atoms with van der Waals surface area (Å²) in [6.07, 6.45) is 2.43. The molecule has 1 aromatic rings.